The number of primary amides is 1. The molecule has 3 aromatic rings. The van der Waals surface area contributed by atoms with Crippen LogP contribution in [0, 0.1) is 0 Å². The molecule has 0 aliphatic rings. The van der Waals surface area contributed by atoms with Gasteiger partial charge in [0.25, 0.3) is 0 Å². The van der Waals surface area contributed by atoms with Gasteiger partial charge in [0.05, 0.1) is 0 Å². The summed E-state index contributed by atoms with van der Waals surface area (Å²) >= 11 is 0. The first-order valence-electron chi connectivity index (χ1n) is 7.74. The third-order valence-electron chi connectivity index (χ3n) is 3.92. The summed E-state index contributed by atoms with van der Waals surface area (Å²) in [6.45, 7) is 0. The number of phenolic OH excluding ortho intramolecular Hbond substituents is 1. The fourth-order valence-corrected chi connectivity index (χ4v) is 2.74. The van der Waals surface area contributed by atoms with Crippen molar-refractivity contribution < 1.29 is 9.90 Å². The lowest BCUT2D eigenvalue weighted by Gasteiger charge is -2.12. The van der Waals surface area contributed by atoms with Crippen molar-refractivity contribution in [2.24, 2.45) is 5.73 Å². The number of carbonyl (C=O) groups is 1. The monoisotopic (exact) mass is 318 g/mol. The lowest BCUT2D eigenvalue weighted by molar-refractivity contribution is -0.117. The summed E-state index contributed by atoms with van der Waals surface area (Å²) in [4.78, 5) is 15.2. The van der Waals surface area contributed by atoms with Crippen LogP contribution in [0.1, 0.15) is 12.0 Å². The van der Waals surface area contributed by atoms with Crippen LogP contribution < -0.4 is 5.73 Å². The Kier molecular flexibility index (Phi) is 4.57. The van der Waals surface area contributed by atoms with E-state index in [0.29, 0.717) is 6.42 Å². The van der Waals surface area contributed by atoms with E-state index in [9.17, 15) is 9.90 Å². The normalized spacial score (nSPS) is 10.5. The minimum atomic E-state index is -0.328. The van der Waals surface area contributed by atoms with Crippen LogP contribution >= 0.6 is 0 Å². The Balaban J connectivity index is 2.06. The average molecular weight is 318 g/mol. The van der Waals surface area contributed by atoms with Gasteiger partial charge in [-0.1, -0.05) is 30.3 Å². The number of aromatic hydroxyl groups is 1. The summed E-state index contributed by atoms with van der Waals surface area (Å²) in [6.07, 6.45) is 4.34. The van der Waals surface area contributed by atoms with Crippen molar-refractivity contribution in [3.05, 3.63) is 72.6 Å². The van der Waals surface area contributed by atoms with Crippen LogP contribution in [0.15, 0.2) is 67.0 Å². The minimum absolute atomic E-state index is 0.214. The van der Waals surface area contributed by atoms with E-state index < -0.39 is 0 Å². The van der Waals surface area contributed by atoms with Gasteiger partial charge in [0, 0.05) is 18.8 Å². The van der Waals surface area contributed by atoms with Crippen molar-refractivity contribution in [1.82, 2.24) is 4.98 Å². The van der Waals surface area contributed by atoms with E-state index in [4.69, 9.17) is 5.73 Å². The van der Waals surface area contributed by atoms with Crippen LogP contribution in [-0.4, -0.2) is 16.0 Å². The van der Waals surface area contributed by atoms with Gasteiger partial charge in [-0.2, -0.15) is 0 Å². The zero-order chi connectivity index (χ0) is 16.9. The Morgan fingerprint density at radius 3 is 2.46 bits per heavy atom. The third-order valence-corrected chi connectivity index (χ3v) is 3.92. The number of carbonyl (C=O) groups excluding carboxylic acids is 1. The van der Waals surface area contributed by atoms with E-state index in [1.54, 1.807) is 30.6 Å². The van der Waals surface area contributed by atoms with Gasteiger partial charge in [0.1, 0.15) is 5.75 Å². The highest BCUT2D eigenvalue weighted by atomic mass is 16.3. The number of pyridine rings is 1. The summed E-state index contributed by atoms with van der Waals surface area (Å²) in [5.74, 6) is -0.113. The number of aryl methyl sites for hydroxylation is 1. The molecular formula is C20H18N2O2. The third kappa shape index (κ3) is 3.60. The number of nitrogens with two attached hydrogens (primary N) is 1. The van der Waals surface area contributed by atoms with Crippen molar-refractivity contribution >= 4 is 5.91 Å². The zero-order valence-corrected chi connectivity index (χ0v) is 13.1. The molecule has 0 unspecified atom stereocenters. The fourth-order valence-electron chi connectivity index (χ4n) is 2.74. The number of hydrogen-bond acceptors (Lipinski definition) is 3. The number of rotatable bonds is 5. The smallest absolute Gasteiger partial charge is 0.217 e. The molecule has 3 rings (SSSR count). The molecule has 4 heteroatoms. The van der Waals surface area contributed by atoms with E-state index in [1.807, 2.05) is 30.3 Å². The fraction of sp³-hybridized carbons (Fsp3) is 0.100. The molecular weight excluding hydrogens is 300 g/mol. The highest BCUT2D eigenvalue weighted by Crippen LogP contribution is 2.31. The second-order valence-corrected chi connectivity index (χ2v) is 5.62. The van der Waals surface area contributed by atoms with Gasteiger partial charge < -0.3 is 10.8 Å². The SMILES string of the molecule is NC(=O)CCc1cc(-c2ccncc2)ccc1-c1cccc(O)c1. The summed E-state index contributed by atoms with van der Waals surface area (Å²) in [5.41, 5.74) is 10.4. The van der Waals surface area contributed by atoms with Gasteiger partial charge in [-0.15, -0.1) is 0 Å². The number of benzene rings is 2. The molecule has 4 nitrogen and oxygen atoms in total. The summed E-state index contributed by atoms with van der Waals surface area (Å²) in [5, 5.41) is 9.73. The molecule has 1 amide bonds. The number of nitrogens with zero attached hydrogens (tertiary/aromatic N) is 1. The first-order chi connectivity index (χ1) is 11.6. The first kappa shape index (κ1) is 15.7. The van der Waals surface area contributed by atoms with Gasteiger partial charge >= 0.3 is 0 Å². The van der Waals surface area contributed by atoms with Gasteiger partial charge in [0.2, 0.25) is 5.91 Å². The van der Waals surface area contributed by atoms with Gasteiger partial charge in [-0.05, 0) is 58.5 Å². The number of aromatic nitrogens is 1. The molecule has 0 saturated heterocycles. The van der Waals surface area contributed by atoms with Crippen molar-refractivity contribution in [1.29, 1.82) is 0 Å². The molecule has 1 aromatic heterocycles. The topological polar surface area (TPSA) is 76.2 Å². The van der Waals surface area contributed by atoms with E-state index in [1.165, 1.54) is 0 Å². The highest BCUT2D eigenvalue weighted by molar-refractivity contribution is 5.77. The average Bonchev–Trinajstić information content (AvgIpc) is 2.60. The molecule has 120 valence electrons. The van der Waals surface area contributed by atoms with Crippen LogP contribution in [0.4, 0.5) is 0 Å². The van der Waals surface area contributed by atoms with Crippen molar-refractivity contribution in [2.45, 2.75) is 12.8 Å². The first-order valence-corrected chi connectivity index (χ1v) is 7.74. The Morgan fingerprint density at radius 1 is 0.958 bits per heavy atom. The van der Waals surface area contributed by atoms with E-state index in [-0.39, 0.29) is 18.1 Å². The van der Waals surface area contributed by atoms with Crippen LogP contribution in [0.2, 0.25) is 0 Å². The number of phenols is 1. The van der Waals surface area contributed by atoms with Crippen LogP contribution in [0.5, 0.6) is 5.75 Å². The molecule has 0 fully saturated rings. The van der Waals surface area contributed by atoms with E-state index in [0.717, 1.165) is 27.8 Å². The second-order valence-electron chi connectivity index (χ2n) is 5.62. The second kappa shape index (κ2) is 6.96. The van der Waals surface area contributed by atoms with Crippen LogP contribution in [0.25, 0.3) is 22.3 Å². The Labute approximate surface area is 140 Å². The molecule has 0 aliphatic carbocycles. The van der Waals surface area contributed by atoms with Crippen LogP contribution in [0.3, 0.4) is 0 Å². The minimum Gasteiger partial charge on any atom is -0.508 e. The quantitative estimate of drug-likeness (QED) is 0.755. The van der Waals surface area contributed by atoms with Gasteiger partial charge in [-0.25, -0.2) is 0 Å². The molecule has 0 aliphatic heterocycles. The maximum Gasteiger partial charge on any atom is 0.217 e. The van der Waals surface area contributed by atoms with E-state index >= 15 is 0 Å². The Morgan fingerprint density at radius 2 is 1.75 bits per heavy atom. The molecule has 0 saturated carbocycles. The van der Waals surface area contributed by atoms with Gasteiger partial charge in [0.15, 0.2) is 0 Å². The number of hydrogen-bond donors (Lipinski definition) is 2. The molecule has 3 N–H and O–H groups in total. The van der Waals surface area contributed by atoms with Crippen molar-refractivity contribution in [3.63, 3.8) is 0 Å². The predicted octanol–water partition coefficient (Wildman–Crippen LogP) is 3.54. The standard InChI is InChI=1S/C20H18N2O2/c21-20(24)7-5-17-12-15(14-8-10-22-11-9-14)4-6-19(17)16-2-1-3-18(23)13-16/h1-4,6,8-13,23H,5,7H2,(H2,21,24). The molecule has 1 heterocycles. The summed E-state index contributed by atoms with van der Waals surface area (Å²) in [6, 6.07) is 17.1. The number of amides is 1. The lowest BCUT2D eigenvalue weighted by Crippen LogP contribution is -2.11. The van der Waals surface area contributed by atoms with Crippen LogP contribution in [-0.2, 0) is 11.2 Å². The lowest BCUT2D eigenvalue weighted by atomic mass is 9.92. The van der Waals surface area contributed by atoms with Crippen molar-refractivity contribution in [3.8, 4) is 28.0 Å². The largest absolute Gasteiger partial charge is 0.508 e. The zero-order valence-electron chi connectivity index (χ0n) is 13.1. The predicted molar refractivity (Wildman–Crippen MR) is 94.3 cm³/mol. The van der Waals surface area contributed by atoms with E-state index in [2.05, 4.69) is 11.1 Å². The maximum absolute atomic E-state index is 11.2. The van der Waals surface area contributed by atoms with Gasteiger partial charge in [-0.3, -0.25) is 9.78 Å². The molecule has 0 atom stereocenters. The Hall–Kier alpha value is -3.14. The molecule has 0 bridgehead atoms. The van der Waals surface area contributed by atoms with Crippen molar-refractivity contribution in [2.75, 3.05) is 0 Å². The maximum atomic E-state index is 11.2. The summed E-state index contributed by atoms with van der Waals surface area (Å²) < 4.78 is 0. The Bertz CT molecular complexity index is 861. The summed E-state index contributed by atoms with van der Waals surface area (Å²) in [7, 11) is 0. The highest BCUT2D eigenvalue weighted by Gasteiger charge is 2.09. The molecule has 24 heavy (non-hydrogen) atoms. The molecule has 0 spiro atoms. The molecule has 2 aromatic carbocycles. The molecule has 0 radical (unpaired) electrons.